The van der Waals surface area contributed by atoms with Crippen molar-refractivity contribution in [2.75, 3.05) is 31.6 Å². The molecule has 1 aromatic heterocycles. The molecule has 3 fully saturated rings. The van der Waals surface area contributed by atoms with Gasteiger partial charge in [0.15, 0.2) is 0 Å². The number of amides is 1. The maximum absolute atomic E-state index is 14.5. The summed E-state index contributed by atoms with van der Waals surface area (Å²) in [5, 5.41) is 1.67. The second-order valence-corrected chi connectivity index (χ2v) is 8.39. The van der Waals surface area contributed by atoms with Crippen LogP contribution in [0.15, 0.2) is 35.7 Å². The average Bonchev–Trinajstić information content (AvgIpc) is 3.21. The zero-order valence-electron chi connectivity index (χ0n) is 16.2. The van der Waals surface area contributed by atoms with Gasteiger partial charge in [0.1, 0.15) is 11.9 Å². The number of rotatable bonds is 5. The van der Waals surface area contributed by atoms with Crippen LogP contribution in [0, 0.1) is 11.7 Å². The van der Waals surface area contributed by atoms with Crippen LogP contribution in [-0.2, 0) is 16.0 Å². The highest BCUT2D eigenvalue weighted by Crippen LogP contribution is 2.31. The molecule has 3 saturated heterocycles. The highest BCUT2D eigenvalue weighted by atomic mass is 32.1. The zero-order valence-corrected chi connectivity index (χ0v) is 17.0. The summed E-state index contributed by atoms with van der Waals surface area (Å²) in [5.41, 5.74) is 0.568. The summed E-state index contributed by atoms with van der Waals surface area (Å²) in [6.45, 7) is 2.93. The van der Waals surface area contributed by atoms with Gasteiger partial charge in [0.25, 0.3) is 0 Å². The molecule has 1 amide bonds. The zero-order chi connectivity index (χ0) is 20.4. The molecule has 0 saturated carbocycles. The highest BCUT2D eigenvalue weighted by Gasteiger charge is 2.37. The van der Waals surface area contributed by atoms with Crippen LogP contribution in [0.25, 0.3) is 0 Å². The number of thiophene rings is 1. The van der Waals surface area contributed by atoms with Gasteiger partial charge in [0, 0.05) is 16.8 Å². The molecule has 0 unspecified atom stereocenters. The fourth-order valence-corrected chi connectivity index (χ4v) is 4.84. The first-order chi connectivity index (χ1) is 14.0. The number of fused-ring (bicyclic) bond motifs is 3. The number of halogens is 1. The van der Waals surface area contributed by atoms with Crippen LogP contribution < -0.4 is 4.90 Å². The van der Waals surface area contributed by atoms with Gasteiger partial charge in [0.05, 0.1) is 24.9 Å². The number of nitrogens with zero attached hydrogens (tertiary/aromatic N) is 2. The van der Waals surface area contributed by atoms with E-state index in [1.54, 1.807) is 29.6 Å². The summed E-state index contributed by atoms with van der Waals surface area (Å²) in [6, 6.07) is 7.80. The highest BCUT2D eigenvalue weighted by molar-refractivity contribution is 7.10. The number of ether oxygens (including phenoxy) is 2. The molecule has 0 radical (unpaired) electrons. The van der Waals surface area contributed by atoms with Gasteiger partial charge in [-0.3, -0.25) is 9.80 Å². The predicted molar refractivity (Wildman–Crippen MR) is 108 cm³/mol. The Kier molecular flexibility index (Phi) is 5.82. The lowest BCUT2D eigenvalue weighted by atomic mass is 9.86. The Bertz CT molecular complexity index is 894. The van der Waals surface area contributed by atoms with Gasteiger partial charge in [-0.05, 0) is 50.0 Å². The smallest absolute Gasteiger partial charge is 0.415 e. The standard InChI is InChI=1S/C21H23FN2O4S/c1-27-20(25)15-10-16(29-13-15)11-24(18-5-3-2-4-17(18)22)21(26)28-19-12-23-8-6-14(19)7-9-23/h2-5,10,13-14,19H,6-9,11-12H2,1H3/t19-/m0/s1. The number of anilines is 1. The number of carbonyl (C=O) groups is 2. The molecule has 3 aliphatic heterocycles. The summed E-state index contributed by atoms with van der Waals surface area (Å²) in [7, 11) is 1.32. The number of carbonyl (C=O) groups excluding carboxylic acids is 2. The summed E-state index contributed by atoms with van der Waals surface area (Å²) in [6.07, 6.45) is 1.30. The Balaban J connectivity index is 1.55. The number of hydrogen-bond acceptors (Lipinski definition) is 6. The summed E-state index contributed by atoms with van der Waals surface area (Å²) in [5.74, 6) is -0.581. The molecule has 0 N–H and O–H groups in total. The van der Waals surface area contributed by atoms with E-state index in [0.717, 1.165) is 37.4 Å². The Labute approximate surface area is 172 Å². The Morgan fingerprint density at radius 1 is 1.28 bits per heavy atom. The monoisotopic (exact) mass is 418 g/mol. The van der Waals surface area contributed by atoms with Crippen molar-refractivity contribution in [3.8, 4) is 0 Å². The third-order valence-corrected chi connectivity index (χ3v) is 6.52. The lowest BCUT2D eigenvalue weighted by Gasteiger charge is -2.44. The average molecular weight is 418 g/mol. The van der Waals surface area contributed by atoms with E-state index in [1.807, 2.05) is 0 Å². The molecule has 2 bridgehead atoms. The molecule has 0 aliphatic carbocycles. The van der Waals surface area contributed by atoms with Crippen molar-refractivity contribution < 1.29 is 23.5 Å². The van der Waals surface area contributed by atoms with E-state index in [9.17, 15) is 14.0 Å². The molecule has 29 heavy (non-hydrogen) atoms. The topological polar surface area (TPSA) is 59.1 Å². The van der Waals surface area contributed by atoms with Crippen LogP contribution in [0.1, 0.15) is 28.1 Å². The molecular weight excluding hydrogens is 395 g/mol. The van der Waals surface area contributed by atoms with Crippen molar-refractivity contribution in [2.24, 2.45) is 5.92 Å². The molecule has 3 aliphatic rings. The first-order valence-electron chi connectivity index (χ1n) is 9.66. The van der Waals surface area contributed by atoms with Crippen molar-refractivity contribution in [3.05, 3.63) is 52.0 Å². The van der Waals surface area contributed by atoms with Crippen LogP contribution in [0.2, 0.25) is 0 Å². The fourth-order valence-electron chi connectivity index (χ4n) is 4.00. The summed E-state index contributed by atoms with van der Waals surface area (Å²) in [4.78, 5) is 29.1. The molecular formula is C21H23FN2O4S. The second kappa shape index (κ2) is 8.51. The van der Waals surface area contributed by atoms with Crippen molar-refractivity contribution in [1.29, 1.82) is 0 Å². The molecule has 154 valence electrons. The maximum atomic E-state index is 14.5. The van der Waals surface area contributed by atoms with Gasteiger partial charge in [-0.25, -0.2) is 14.0 Å². The molecule has 0 spiro atoms. The Morgan fingerprint density at radius 3 is 2.69 bits per heavy atom. The van der Waals surface area contributed by atoms with Crippen LogP contribution in [0.5, 0.6) is 0 Å². The normalized spacial score (nSPS) is 22.9. The lowest BCUT2D eigenvalue weighted by Crippen LogP contribution is -2.53. The number of benzene rings is 1. The van der Waals surface area contributed by atoms with E-state index >= 15 is 0 Å². The van der Waals surface area contributed by atoms with Gasteiger partial charge in [0.2, 0.25) is 0 Å². The number of hydrogen-bond donors (Lipinski definition) is 0. The van der Waals surface area contributed by atoms with Crippen LogP contribution >= 0.6 is 11.3 Å². The van der Waals surface area contributed by atoms with E-state index in [2.05, 4.69) is 4.90 Å². The number of esters is 1. The third-order valence-electron chi connectivity index (χ3n) is 5.60. The number of methoxy groups -OCH3 is 1. The molecule has 8 heteroatoms. The van der Waals surface area contributed by atoms with E-state index in [1.165, 1.54) is 29.4 Å². The van der Waals surface area contributed by atoms with E-state index < -0.39 is 17.9 Å². The van der Waals surface area contributed by atoms with E-state index in [-0.39, 0.29) is 18.3 Å². The molecule has 1 atom stereocenters. The SMILES string of the molecule is COC(=O)c1csc(CN(C(=O)O[C@H]2CN3CCC2CC3)c2ccccc2F)c1. The van der Waals surface area contributed by atoms with Crippen molar-refractivity contribution >= 4 is 29.1 Å². The van der Waals surface area contributed by atoms with E-state index in [0.29, 0.717) is 11.5 Å². The third kappa shape index (κ3) is 4.28. The fraction of sp³-hybridized carbons (Fsp3) is 0.429. The van der Waals surface area contributed by atoms with E-state index in [4.69, 9.17) is 9.47 Å². The summed E-state index contributed by atoms with van der Waals surface area (Å²) < 4.78 is 25.1. The maximum Gasteiger partial charge on any atom is 0.415 e. The minimum absolute atomic E-state index is 0.114. The molecule has 1 aromatic carbocycles. The van der Waals surface area contributed by atoms with Gasteiger partial charge in [-0.1, -0.05) is 12.1 Å². The van der Waals surface area contributed by atoms with Gasteiger partial charge in [-0.15, -0.1) is 11.3 Å². The van der Waals surface area contributed by atoms with Gasteiger partial charge in [-0.2, -0.15) is 0 Å². The van der Waals surface area contributed by atoms with Crippen LogP contribution in [-0.4, -0.2) is 49.8 Å². The first kappa shape index (κ1) is 19.8. The number of piperidine rings is 3. The second-order valence-electron chi connectivity index (χ2n) is 7.39. The van der Waals surface area contributed by atoms with Gasteiger partial charge < -0.3 is 9.47 Å². The van der Waals surface area contributed by atoms with Crippen LogP contribution in [0.3, 0.4) is 0 Å². The van der Waals surface area contributed by atoms with Crippen molar-refractivity contribution in [2.45, 2.75) is 25.5 Å². The van der Waals surface area contributed by atoms with Crippen LogP contribution in [0.4, 0.5) is 14.9 Å². The minimum Gasteiger partial charge on any atom is -0.465 e. The Hall–Kier alpha value is -2.45. The summed E-state index contributed by atoms with van der Waals surface area (Å²) >= 11 is 1.32. The van der Waals surface area contributed by atoms with Crippen molar-refractivity contribution in [3.63, 3.8) is 0 Å². The van der Waals surface area contributed by atoms with Crippen molar-refractivity contribution in [1.82, 2.24) is 4.90 Å². The molecule has 6 nitrogen and oxygen atoms in total. The molecule has 4 heterocycles. The quantitative estimate of drug-likeness (QED) is 0.689. The predicted octanol–water partition coefficient (Wildman–Crippen LogP) is 3.91. The largest absolute Gasteiger partial charge is 0.465 e. The molecule has 5 rings (SSSR count). The first-order valence-corrected chi connectivity index (χ1v) is 10.5. The molecule has 2 aromatic rings. The Morgan fingerprint density at radius 2 is 2.03 bits per heavy atom. The minimum atomic E-state index is -0.568. The number of para-hydroxylation sites is 1. The van der Waals surface area contributed by atoms with Gasteiger partial charge >= 0.3 is 12.1 Å². The lowest BCUT2D eigenvalue weighted by molar-refractivity contribution is -0.0311.